The van der Waals surface area contributed by atoms with Crippen LogP contribution in [0.1, 0.15) is 11.5 Å². The van der Waals surface area contributed by atoms with Gasteiger partial charge in [0.25, 0.3) is 5.91 Å². The van der Waals surface area contributed by atoms with E-state index in [1.165, 1.54) is 19.2 Å². The molecule has 1 atom stereocenters. The van der Waals surface area contributed by atoms with Gasteiger partial charge in [-0.25, -0.2) is 9.18 Å². The Balaban J connectivity index is 2.59. The molecule has 1 aliphatic rings. The van der Waals surface area contributed by atoms with Crippen LogP contribution in [0.5, 0.6) is 0 Å². The lowest BCUT2D eigenvalue weighted by Crippen LogP contribution is -2.48. The molecule has 1 heterocycles. The van der Waals surface area contributed by atoms with E-state index in [4.69, 9.17) is 5.11 Å². The Kier molecular flexibility index (Phi) is 3.67. The Bertz CT molecular complexity index is 632. The number of hydrazine groups is 1. The first-order chi connectivity index (χ1) is 9.32. The molecule has 0 bridgehead atoms. The summed E-state index contributed by atoms with van der Waals surface area (Å²) in [5, 5.41) is 19.9. The number of nitrogens with zero attached hydrogens (tertiary/aromatic N) is 1. The molecule has 1 amide bonds. The molecule has 0 saturated heterocycles. The van der Waals surface area contributed by atoms with E-state index in [1.807, 2.05) is 0 Å². The molecule has 1 aromatic rings. The molecule has 8 heteroatoms. The van der Waals surface area contributed by atoms with E-state index in [9.17, 15) is 19.1 Å². The van der Waals surface area contributed by atoms with Crippen molar-refractivity contribution in [2.75, 3.05) is 7.05 Å². The van der Waals surface area contributed by atoms with E-state index in [0.717, 1.165) is 11.1 Å². The van der Waals surface area contributed by atoms with Crippen molar-refractivity contribution in [1.29, 1.82) is 0 Å². The molecule has 2 rings (SSSR count). The lowest BCUT2D eigenvalue weighted by atomic mass is 9.93. The number of nitrogens with one attached hydrogen (secondary N) is 1. The van der Waals surface area contributed by atoms with Crippen molar-refractivity contribution >= 4 is 27.8 Å². The van der Waals surface area contributed by atoms with Crippen molar-refractivity contribution in [1.82, 2.24) is 10.4 Å². The predicted molar refractivity (Wildman–Crippen MR) is 70.0 cm³/mol. The van der Waals surface area contributed by atoms with Crippen molar-refractivity contribution < 1.29 is 24.2 Å². The van der Waals surface area contributed by atoms with Gasteiger partial charge in [-0.15, -0.1) is 0 Å². The quantitative estimate of drug-likeness (QED) is 0.756. The number of carbonyl (C=O) groups is 2. The second-order valence-corrected chi connectivity index (χ2v) is 5.09. The maximum atomic E-state index is 13.9. The largest absolute Gasteiger partial charge is 0.509 e. The van der Waals surface area contributed by atoms with E-state index in [1.54, 1.807) is 0 Å². The van der Waals surface area contributed by atoms with Gasteiger partial charge in [0.05, 0.1) is 0 Å². The lowest BCUT2D eigenvalue weighted by Gasteiger charge is -2.31. The normalized spacial score (nSPS) is 19.1. The summed E-state index contributed by atoms with van der Waals surface area (Å²) in [6, 6.07) is 3.94. The average Bonchev–Trinajstić information content (AvgIpc) is 2.30. The summed E-state index contributed by atoms with van der Waals surface area (Å²) in [7, 11) is 1.27. The van der Waals surface area contributed by atoms with Crippen LogP contribution in [0.2, 0.25) is 0 Å². The minimum Gasteiger partial charge on any atom is -0.509 e. The summed E-state index contributed by atoms with van der Waals surface area (Å²) in [6.45, 7) is 0. The molecule has 3 N–H and O–H groups in total. The van der Waals surface area contributed by atoms with Gasteiger partial charge in [0.15, 0.2) is 5.70 Å². The Morgan fingerprint density at radius 3 is 2.70 bits per heavy atom. The summed E-state index contributed by atoms with van der Waals surface area (Å²) >= 11 is 3.08. The zero-order valence-electron chi connectivity index (χ0n) is 10.2. The highest BCUT2D eigenvalue weighted by atomic mass is 79.9. The maximum Gasteiger partial charge on any atom is 0.357 e. The van der Waals surface area contributed by atoms with Gasteiger partial charge in [-0.2, -0.15) is 0 Å². The first kappa shape index (κ1) is 14.3. The van der Waals surface area contributed by atoms with E-state index in [0.29, 0.717) is 4.47 Å². The third-order valence-electron chi connectivity index (χ3n) is 2.87. The Hall–Kier alpha value is -2.09. The number of aliphatic carboxylic acids is 1. The van der Waals surface area contributed by atoms with Gasteiger partial charge in [0, 0.05) is 17.1 Å². The zero-order valence-corrected chi connectivity index (χ0v) is 11.8. The number of hydrogen-bond acceptors (Lipinski definition) is 4. The molecule has 0 spiro atoms. The van der Waals surface area contributed by atoms with Crippen molar-refractivity contribution in [2.24, 2.45) is 0 Å². The second kappa shape index (κ2) is 5.12. The second-order valence-electron chi connectivity index (χ2n) is 4.17. The number of hydrogen-bond donors (Lipinski definition) is 3. The topological polar surface area (TPSA) is 89.9 Å². The third-order valence-corrected chi connectivity index (χ3v) is 3.36. The van der Waals surface area contributed by atoms with Crippen LogP contribution in [-0.4, -0.2) is 34.1 Å². The third kappa shape index (κ3) is 2.34. The van der Waals surface area contributed by atoms with E-state index < -0.39 is 35.1 Å². The van der Waals surface area contributed by atoms with Crippen molar-refractivity contribution in [3.8, 4) is 0 Å². The molecule has 1 aromatic carbocycles. The Labute approximate surface area is 121 Å². The number of aliphatic hydroxyl groups excluding tert-OH is 1. The van der Waals surface area contributed by atoms with Gasteiger partial charge in [-0.1, -0.05) is 22.0 Å². The lowest BCUT2D eigenvalue weighted by molar-refractivity contribution is -0.137. The minimum absolute atomic E-state index is 0.102. The zero-order chi connectivity index (χ0) is 15.0. The number of halogens is 2. The molecule has 1 aliphatic heterocycles. The van der Waals surface area contributed by atoms with Crippen LogP contribution >= 0.6 is 15.9 Å². The van der Waals surface area contributed by atoms with Gasteiger partial charge >= 0.3 is 5.97 Å². The van der Waals surface area contributed by atoms with Crippen LogP contribution in [0.3, 0.4) is 0 Å². The number of benzene rings is 1. The van der Waals surface area contributed by atoms with Gasteiger partial charge in [0.1, 0.15) is 17.5 Å². The fourth-order valence-electron chi connectivity index (χ4n) is 2.00. The van der Waals surface area contributed by atoms with Crippen LogP contribution in [0.4, 0.5) is 4.39 Å². The van der Waals surface area contributed by atoms with Crippen LogP contribution in [-0.2, 0) is 9.59 Å². The molecule has 0 saturated carbocycles. The van der Waals surface area contributed by atoms with Crippen molar-refractivity contribution in [3.63, 3.8) is 0 Å². The highest BCUT2D eigenvalue weighted by molar-refractivity contribution is 9.10. The number of carbonyl (C=O) groups excluding carboxylic acids is 1. The van der Waals surface area contributed by atoms with E-state index >= 15 is 0 Å². The molecule has 0 radical (unpaired) electrons. The number of aliphatic hydroxyl groups is 1. The fraction of sp³-hybridized carbons (Fsp3) is 0.167. The molecule has 106 valence electrons. The number of amides is 1. The minimum atomic E-state index is -1.42. The van der Waals surface area contributed by atoms with Crippen LogP contribution in [0.15, 0.2) is 34.1 Å². The van der Waals surface area contributed by atoms with Crippen LogP contribution in [0, 0.1) is 5.82 Å². The van der Waals surface area contributed by atoms with Crippen LogP contribution in [0.25, 0.3) is 0 Å². The molecule has 1 unspecified atom stereocenters. The van der Waals surface area contributed by atoms with E-state index in [2.05, 4.69) is 21.4 Å². The highest BCUT2D eigenvalue weighted by Crippen LogP contribution is 2.32. The number of rotatable bonds is 2. The standard InChI is InChI=1S/C12H10BrFN2O4/c1-16-9(12(19)20)10(17)8(11(18)15-16)6-3-2-5(13)4-7(6)14/h2-4,8,17H,1H3,(H,15,18)(H,19,20). The highest BCUT2D eigenvalue weighted by Gasteiger charge is 2.38. The molecule has 6 nitrogen and oxygen atoms in total. The summed E-state index contributed by atoms with van der Waals surface area (Å²) in [5.41, 5.74) is 1.64. The van der Waals surface area contributed by atoms with Gasteiger partial charge < -0.3 is 10.2 Å². The van der Waals surface area contributed by atoms with Gasteiger partial charge in [-0.05, 0) is 12.1 Å². The number of carboxylic acid groups (broad SMARTS) is 1. The molecule has 0 aliphatic carbocycles. The van der Waals surface area contributed by atoms with Gasteiger partial charge in [-0.3, -0.25) is 15.2 Å². The maximum absolute atomic E-state index is 13.9. The van der Waals surface area contributed by atoms with Gasteiger partial charge in [0.2, 0.25) is 0 Å². The predicted octanol–water partition coefficient (Wildman–Crippen LogP) is 1.50. The summed E-state index contributed by atoms with van der Waals surface area (Å²) < 4.78 is 14.4. The van der Waals surface area contributed by atoms with Crippen LogP contribution < -0.4 is 5.43 Å². The average molecular weight is 345 g/mol. The summed E-state index contributed by atoms with van der Waals surface area (Å²) in [4.78, 5) is 23.0. The summed E-state index contributed by atoms with van der Waals surface area (Å²) in [6.07, 6.45) is 0. The fourth-order valence-corrected chi connectivity index (χ4v) is 2.33. The molecule has 20 heavy (non-hydrogen) atoms. The monoisotopic (exact) mass is 344 g/mol. The molecule has 0 aromatic heterocycles. The number of carboxylic acids is 1. The van der Waals surface area contributed by atoms with E-state index in [-0.39, 0.29) is 5.56 Å². The smallest absolute Gasteiger partial charge is 0.357 e. The Morgan fingerprint density at radius 2 is 2.15 bits per heavy atom. The molecule has 0 fully saturated rings. The molecular weight excluding hydrogens is 335 g/mol. The first-order valence-corrected chi connectivity index (χ1v) is 6.27. The van der Waals surface area contributed by atoms with Crippen molar-refractivity contribution in [2.45, 2.75) is 5.92 Å². The molecular formula is C12H10BrFN2O4. The number of likely N-dealkylation sites (N-methyl/N-ethyl adjacent to an activating group) is 1. The SMILES string of the molecule is CN1NC(=O)C(c2ccc(Br)cc2F)C(O)=C1C(=O)O. The van der Waals surface area contributed by atoms with Crippen molar-refractivity contribution in [3.05, 3.63) is 45.5 Å². The Morgan fingerprint density at radius 1 is 1.50 bits per heavy atom. The first-order valence-electron chi connectivity index (χ1n) is 5.48. The summed E-state index contributed by atoms with van der Waals surface area (Å²) in [5.74, 6) is -4.96.